The highest BCUT2D eigenvalue weighted by Gasteiger charge is 2.35. The number of carbonyl (C=O) groups is 1. The van der Waals surface area contributed by atoms with Crippen molar-refractivity contribution in [2.24, 2.45) is 0 Å². The maximum atomic E-state index is 11.0. The van der Waals surface area contributed by atoms with Gasteiger partial charge < -0.3 is 28.8 Å². The third-order valence-electron chi connectivity index (χ3n) is 2.12. The number of methoxy groups -OCH3 is 4. The Bertz CT molecular complexity index is 248. The molecule has 0 aromatic carbocycles. The third-order valence-corrected chi connectivity index (χ3v) is 2.12. The molecule has 0 bridgehead atoms. The summed E-state index contributed by atoms with van der Waals surface area (Å²) in [6, 6.07) is 0. The first-order chi connectivity index (χ1) is 9.69. The Hall–Kier alpha value is -0.530. The summed E-state index contributed by atoms with van der Waals surface area (Å²) in [5.74, 6) is 0. The number of ether oxygens (including phenoxy) is 4. The van der Waals surface area contributed by atoms with Gasteiger partial charge in [0.15, 0.2) is 6.29 Å². The van der Waals surface area contributed by atoms with E-state index in [1.807, 2.05) is 0 Å². The van der Waals surface area contributed by atoms with Crippen LogP contribution in [-0.2, 0) is 23.7 Å². The molecule has 4 atom stereocenters. The highest BCUT2D eigenvalue weighted by atomic mass is 16.6. The van der Waals surface area contributed by atoms with Crippen LogP contribution in [0.5, 0.6) is 0 Å². The fourth-order valence-corrected chi connectivity index (χ4v) is 1.25. The van der Waals surface area contributed by atoms with E-state index in [1.54, 1.807) is 0 Å². The van der Waals surface area contributed by atoms with Gasteiger partial charge in [0.05, 0.1) is 12.1 Å². The van der Waals surface area contributed by atoms with Gasteiger partial charge in [0.1, 0.15) is 24.4 Å². The second-order valence-corrected chi connectivity index (χ2v) is 2.92. The molecule has 0 saturated heterocycles. The average molecular weight is 240 g/mol. The zero-order chi connectivity index (χ0) is 15.4. The largest absolute Gasteiger partial charge is 0.394 e. The third kappa shape index (κ3) is 3.80. The lowest BCUT2D eigenvalue weighted by molar-refractivity contribution is -0.160. The van der Waals surface area contributed by atoms with Crippen molar-refractivity contribution in [3.8, 4) is 0 Å². The Morgan fingerprint density at radius 3 is 2.25 bits per heavy atom. The van der Waals surface area contributed by atoms with E-state index >= 15 is 0 Å². The lowest BCUT2D eigenvalue weighted by Crippen LogP contribution is -2.49. The topological polar surface area (TPSA) is 74.2 Å². The van der Waals surface area contributed by atoms with Crippen LogP contribution in [-0.4, -0.2) is 70.8 Å². The molecule has 0 unspecified atom stereocenters. The molecule has 0 aromatic rings. The molecule has 0 amide bonds. The number of aldehydes is 1. The molecule has 0 rings (SSSR count). The van der Waals surface area contributed by atoms with Crippen LogP contribution in [0.15, 0.2) is 0 Å². The maximum Gasteiger partial charge on any atom is 0.151 e. The molecule has 0 aliphatic rings. The Balaban J connectivity index is 5.11. The van der Waals surface area contributed by atoms with Crippen molar-refractivity contribution in [1.82, 2.24) is 0 Å². The lowest BCUT2D eigenvalue weighted by atomic mass is 10.0. The van der Waals surface area contributed by atoms with E-state index in [0.717, 1.165) is 0 Å². The van der Waals surface area contributed by atoms with Crippen LogP contribution in [0.4, 0.5) is 0 Å². The van der Waals surface area contributed by atoms with Gasteiger partial charge in [-0.05, 0) is 0 Å². The molecule has 0 radical (unpaired) electrons. The van der Waals surface area contributed by atoms with Crippen LogP contribution in [0.2, 0.25) is 0 Å². The Kier molecular flexibility index (Phi) is 5.10. The molecule has 0 spiro atoms. The molecule has 0 aliphatic heterocycles. The second kappa shape index (κ2) is 8.60. The van der Waals surface area contributed by atoms with Crippen molar-refractivity contribution in [2.75, 3.05) is 35.0 Å². The van der Waals surface area contributed by atoms with Crippen molar-refractivity contribution in [3.05, 3.63) is 0 Å². The minimum absolute atomic E-state index is 0.393. The zero-order valence-corrected chi connectivity index (χ0v) is 8.91. The van der Waals surface area contributed by atoms with E-state index in [1.165, 1.54) is 0 Å². The molecule has 0 heterocycles. The number of hydrogen-bond acceptors (Lipinski definition) is 6. The molecule has 96 valence electrons. The quantitative estimate of drug-likeness (QED) is 0.534. The highest BCUT2D eigenvalue weighted by molar-refractivity contribution is 5.57. The molecule has 6 nitrogen and oxygen atoms in total. The summed E-state index contributed by atoms with van der Waals surface area (Å²) in [6.45, 7) is -0.520. The van der Waals surface area contributed by atoms with E-state index < -0.39 is 59.4 Å². The maximum absolute atomic E-state index is 11.0. The fourth-order valence-electron chi connectivity index (χ4n) is 1.25. The number of aliphatic hydroxyl groups is 1. The van der Waals surface area contributed by atoms with Gasteiger partial charge in [0.25, 0.3) is 0 Å². The smallest absolute Gasteiger partial charge is 0.151 e. The van der Waals surface area contributed by atoms with Gasteiger partial charge in [0.2, 0.25) is 0 Å². The first-order valence-electron chi connectivity index (χ1n) is 7.22. The first-order valence-corrected chi connectivity index (χ1v) is 4.39. The summed E-state index contributed by atoms with van der Waals surface area (Å²) in [4.78, 5) is 11.0. The summed E-state index contributed by atoms with van der Waals surface area (Å²) in [7, 11) is -1.96. The van der Waals surface area contributed by atoms with Crippen molar-refractivity contribution >= 4 is 6.29 Å². The van der Waals surface area contributed by atoms with E-state index in [-0.39, 0.29) is 0 Å². The van der Waals surface area contributed by atoms with Gasteiger partial charge in [-0.25, -0.2) is 0 Å². The van der Waals surface area contributed by atoms with Crippen LogP contribution in [0, 0.1) is 0 Å². The highest BCUT2D eigenvalue weighted by Crippen LogP contribution is 2.14. The predicted octanol–water partition coefficient (Wildman–Crippen LogP) is -0.762. The van der Waals surface area contributed by atoms with Crippen molar-refractivity contribution in [2.45, 2.75) is 24.4 Å². The minimum atomic E-state index is -1.20. The van der Waals surface area contributed by atoms with Gasteiger partial charge in [-0.3, -0.25) is 0 Å². The molecular formula is C10H20O6. The van der Waals surface area contributed by atoms with E-state index in [4.69, 9.17) is 24.4 Å². The van der Waals surface area contributed by atoms with Crippen LogP contribution in [0.1, 0.15) is 5.48 Å². The second-order valence-electron chi connectivity index (χ2n) is 2.92. The number of hydrogen-bond donors (Lipinski definition) is 1. The number of carbonyl (C=O) groups excluding carboxylic acids is 1. The van der Waals surface area contributed by atoms with E-state index in [2.05, 4.69) is 0 Å². The predicted molar refractivity (Wildman–Crippen MR) is 56.3 cm³/mol. The zero-order valence-electron chi connectivity index (χ0n) is 12.9. The number of rotatable bonds is 9. The van der Waals surface area contributed by atoms with E-state index in [9.17, 15) is 9.90 Å². The van der Waals surface area contributed by atoms with Crippen LogP contribution < -0.4 is 0 Å². The summed E-state index contributed by atoms with van der Waals surface area (Å²) in [6.07, 6.45) is -4.01. The summed E-state index contributed by atoms with van der Waals surface area (Å²) in [5.41, 5.74) is 0. The van der Waals surface area contributed by atoms with Gasteiger partial charge in [-0.2, -0.15) is 0 Å². The van der Waals surface area contributed by atoms with Gasteiger partial charge in [-0.15, -0.1) is 0 Å². The average Bonchev–Trinajstić information content (AvgIpc) is 2.46. The van der Waals surface area contributed by atoms with Crippen LogP contribution in [0.25, 0.3) is 0 Å². The molecule has 6 heteroatoms. The summed E-state index contributed by atoms with van der Waals surface area (Å²) < 4.78 is 48.1. The first kappa shape index (κ1) is 9.49. The van der Waals surface area contributed by atoms with Gasteiger partial charge >= 0.3 is 0 Å². The van der Waals surface area contributed by atoms with Crippen molar-refractivity contribution in [1.29, 1.82) is 0 Å². The fraction of sp³-hybridized carbons (Fsp3) is 0.900. The molecule has 16 heavy (non-hydrogen) atoms. The Morgan fingerprint density at radius 1 is 1.12 bits per heavy atom. The molecule has 1 N–H and O–H groups in total. The van der Waals surface area contributed by atoms with Gasteiger partial charge in [-0.1, -0.05) is 0 Å². The normalized spacial score (nSPS) is 22.1. The summed E-state index contributed by atoms with van der Waals surface area (Å²) in [5, 5.41) is 9.24. The molecule has 0 aliphatic carbocycles. The Labute approximate surface area is 101 Å². The molecule has 0 aromatic heterocycles. The van der Waals surface area contributed by atoms with Crippen LogP contribution in [0.3, 0.4) is 0 Å². The molecule has 0 saturated carbocycles. The molecular weight excluding hydrogens is 216 g/mol. The van der Waals surface area contributed by atoms with Crippen LogP contribution >= 0.6 is 0 Å². The molecule has 0 fully saturated rings. The standard InChI is InChI=1S/C10H20O6/c1-13-7(5-11)9(15-3)10(16-4)8(6-12)14-2/h5,7-10,12H,6H2,1-4H3/t7-,8-,9-,10-/m1/s1/i1D,2D,3D,4D. The van der Waals surface area contributed by atoms with Gasteiger partial charge in [0, 0.05) is 28.3 Å². The number of aliphatic hydroxyl groups excluding tert-OH is 1. The SMILES string of the molecule is [2H]CO[C@@H]([C@H](OC[2H])[C@@H](CO)OC[2H])[C@@H](C=O)OC[2H]. The van der Waals surface area contributed by atoms with E-state index in [0.29, 0.717) is 6.29 Å². The summed E-state index contributed by atoms with van der Waals surface area (Å²) >= 11 is 0. The van der Waals surface area contributed by atoms with Crippen molar-refractivity contribution in [3.63, 3.8) is 0 Å². The lowest BCUT2D eigenvalue weighted by Gasteiger charge is -2.32. The Morgan fingerprint density at radius 2 is 1.75 bits per heavy atom. The minimum Gasteiger partial charge on any atom is -0.394 e. The monoisotopic (exact) mass is 240 g/mol. The van der Waals surface area contributed by atoms with Crippen molar-refractivity contribution < 1.29 is 34.3 Å².